The molecule has 0 spiro atoms. The molecule has 0 amide bonds. The van der Waals surface area contributed by atoms with E-state index in [4.69, 9.17) is 0 Å². The molecule has 4 aromatic carbocycles. The predicted octanol–water partition coefficient (Wildman–Crippen LogP) is 3.78. The number of benzene rings is 2. The van der Waals surface area contributed by atoms with Crippen LogP contribution in [0.1, 0.15) is 40.5 Å². The first kappa shape index (κ1) is 39.1. The second kappa shape index (κ2) is 21.7. The quantitative estimate of drug-likeness (QED) is 0.280. The Morgan fingerprint density at radius 3 is 1.21 bits per heavy atom. The molecule has 0 fully saturated rings. The standard InChI is InChI=1S/2C9H7.2C8H11.2ClH.2Zr/c2*1-2-5-9-7-3-6-8(9)4-1;2*1-7(2)8-5-3-4-6-8;;;;/h2*1-7H;2*5-7H,3H2,1-2H3;2*1H;;/q4*-1;;;2*+2/p-2. The van der Waals surface area contributed by atoms with Crippen molar-refractivity contribution in [2.24, 2.45) is 11.8 Å². The summed E-state index contributed by atoms with van der Waals surface area (Å²) < 4.78 is 0. The van der Waals surface area contributed by atoms with Gasteiger partial charge in [-0.1, -0.05) is 51.7 Å². The molecule has 0 radical (unpaired) electrons. The van der Waals surface area contributed by atoms with Crippen molar-refractivity contribution in [3.8, 4) is 0 Å². The van der Waals surface area contributed by atoms with Crippen molar-refractivity contribution >= 4 is 21.5 Å². The molecule has 2 aliphatic carbocycles. The smallest absolute Gasteiger partial charge is 1.00 e. The number of fused-ring (bicyclic) bond motifs is 2. The first-order chi connectivity index (χ1) is 16.5. The van der Waals surface area contributed by atoms with Crippen LogP contribution in [0, 0.1) is 24.0 Å². The molecule has 0 nitrogen and oxygen atoms in total. The zero-order valence-corrected chi connectivity index (χ0v) is 29.1. The Balaban J connectivity index is 0. The molecule has 4 aromatic rings. The van der Waals surface area contributed by atoms with E-state index in [1.165, 1.54) is 32.7 Å². The predicted molar refractivity (Wildman–Crippen MR) is 150 cm³/mol. The molecule has 38 heavy (non-hydrogen) atoms. The molecular formula is C34H36Cl2Zr2-2. The monoisotopic (exact) mass is 694 g/mol. The van der Waals surface area contributed by atoms with Gasteiger partial charge in [0.25, 0.3) is 0 Å². The minimum atomic E-state index is 0. The Morgan fingerprint density at radius 1 is 0.579 bits per heavy atom. The summed E-state index contributed by atoms with van der Waals surface area (Å²) in [6.07, 6.45) is 16.9. The molecule has 2 aliphatic rings. The fourth-order valence-corrected chi connectivity index (χ4v) is 3.77. The number of allylic oxidation sites excluding steroid dienone is 8. The zero-order chi connectivity index (χ0) is 24.2. The maximum atomic E-state index is 3.14. The maximum absolute atomic E-state index is 3.14. The Kier molecular flexibility index (Phi) is 22.4. The van der Waals surface area contributed by atoms with Crippen LogP contribution in [0.5, 0.6) is 0 Å². The summed E-state index contributed by atoms with van der Waals surface area (Å²) in [5.41, 5.74) is 2.87. The van der Waals surface area contributed by atoms with E-state index in [1.54, 1.807) is 0 Å². The van der Waals surface area contributed by atoms with Gasteiger partial charge in [0.15, 0.2) is 0 Å². The van der Waals surface area contributed by atoms with Gasteiger partial charge in [-0.15, -0.1) is 72.1 Å². The SMILES string of the molecule is CC(C)C1=CC[C-]=C1.CC(C)C1=CC[C-]=C1.[Cl-].[Cl-].[Zr+2].[Zr+2].c1ccc2[cH-]ccc2c1.c1ccc2[cH-]ccc2c1. The van der Waals surface area contributed by atoms with E-state index in [0.29, 0.717) is 11.8 Å². The Labute approximate surface area is 281 Å². The molecule has 4 heteroatoms. The molecule has 6 rings (SSSR count). The van der Waals surface area contributed by atoms with Crippen molar-refractivity contribution in [1.29, 1.82) is 0 Å². The van der Waals surface area contributed by atoms with E-state index in [-0.39, 0.29) is 77.2 Å². The van der Waals surface area contributed by atoms with Crippen LogP contribution in [0.15, 0.2) is 120 Å². The van der Waals surface area contributed by atoms with Gasteiger partial charge >= 0.3 is 52.4 Å². The molecule has 0 atom stereocenters. The number of halogens is 2. The van der Waals surface area contributed by atoms with Gasteiger partial charge in [0, 0.05) is 0 Å². The van der Waals surface area contributed by atoms with Crippen molar-refractivity contribution in [3.05, 3.63) is 133 Å². The average molecular weight is 698 g/mol. The van der Waals surface area contributed by atoms with Gasteiger partial charge in [-0.2, -0.15) is 58.3 Å². The fraction of sp³-hybridized carbons (Fsp3) is 0.235. The van der Waals surface area contributed by atoms with E-state index in [9.17, 15) is 0 Å². The molecule has 0 unspecified atom stereocenters. The van der Waals surface area contributed by atoms with Gasteiger partial charge in [-0.3, -0.25) is 12.2 Å². The summed E-state index contributed by atoms with van der Waals surface area (Å²) >= 11 is 0. The third-order valence-electron chi connectivity index (χ3n) is 5.88. The molecule has 0 aliphatic heterocycles. The van der Waals surface area contributed by atoms with E-state index in [1.807, 2.05) is 0 Å². The molecule has 0 saturated heterocycles. The number of hydrogen-bond donors (Lipinski definition) is 0. The normalized spacial score (nSPS) is 12.3. The van der Waals surface area contributed by atoms with Gasteiger partial charge < -0.3 is 24.8 Å². The van der Waals surface area contributed by atoms with Crippen LogP contribution in [0.3, 0.4) is 0 Å². The summed E-state index contributed by atoms with van der Waals surface area (Å²) in [6, 6.07) is 29.3. The van der Waals surface area contributed by atoms with E-state index in [0.717, 1.165) is 12.8 Å². The molecule has 196 valence electrons. The number of rotatable bonds is 2. The molecule has 0 N–H and O–H groups in total. The van der Waals surface area contributed by atoms with Gasteiger partial charge in [0.05, 0.1) is 0 Å². The van der Waals surface area contributed by atoms with Crippen LogP contribution in [0.2, 0.25) is 0 Å². The molecule has 0 heterocycles. The summed E-state index contributed by atoms with van der Waals surface area (Å²) in [7, 11) is 0. The van der Waals surface area contributed by atoms with Crippen LogP contribution in [0.4, 0.5) is 0 Å². The fourth-order valence-electron chi connectivity index (χ4n) is 3.77. The van der Waals surface area contributed by atoms with Crippen LogP contribution in [0.25, 0.3) is 21.5 Å². The summed E-state index contributed by atoms with van der Waals surface area (Å²) in [5, 5.41) is 5.32. The summed E-state index contributed by atoms with van der Waals surface area (Å²) in [5.74, 6) is 1.37. The zero-order valence-electron chi connectivity index (χ0n) is 22.7. The number of hydrogen-bond acceptors (Lipinski definition) is 0. The third kappa shape index (κ3) is 13.4. The Bertz CT molecular complexity index is 1110. The van der Waals surface area contributed by atoms with Crippen LogP contribution in [-0.2, 0) is 52.4 Å². The van der Waals surface area contributed by atoms with E-state index >= 15 is 0 Å². The summed E-state index contributed by atoms with van der Waals surface area (Å²) in [6.45, 7) is 8.81. The van der Waals surface area contributed by atoms with E-state index in [2.05, 4.69) is 149 Å². The van der Waals surface area contributed by atoms with Crippen molar-refractivity contribution in [2.45, 2.75) is 40.5 Å². The van der Waals surface area contributed by atoms with Crippen LogP contribution >= 0.6 is 0 Å². The van der Waals surface area contributed by atoms with Crippen molar-refractivity contribution < 1.29 is 77.2 Å². The van der Waals surface area contributed by atoms with Crippen molar-refractivity contribution in [2.75, 3.05) is 0 Å². The van der Waals surface area contributed by atoms with Gasteiger partial charge in [0.2, 0.25) is 0 Å². The average Bonchev–Trinajstić information content (AvgIpc) is 3.67. The van der Waals surface area contributed by atoms with Crippen LogP contribution < -0.4 is 24.8 Å². The Hall–Kier alpha value is -1.03. The molecule has 0 saturated carbocycles. The molecular weight excluding hydrogens is 662 g/mol. The van der Waals surface area contributed by atoms with Gasteiger partial charge in [0.1, 0.15) is 0 Å². The topological polar surface area (TPSA) is 0 Å². The van der Waals surface area contributed by atoms with Gasteiger partial charge in [-0.25, -0.2) is 12.2 Å². The minimum absolute atomic E-state index is 0. The third-order valence-corrected chi connectivity index (χ3v) is 5.88. The first-order valence-electron chi connectivity index (χ1n) is 12.3. The molecule has 0 aromatic heterocycles. The van der Waals surface area contributed by atoms with Crippen molar-refractivity contribution in [1.82, 2.24) is 0 Å². The summed E-state index contributed by atoms with van der Waals surface area (Å²) in [4.78, 5) is 0. The largest absolute Gasteiger partial charge is 2.00 e. The second-order valence-electron chi connectivity index (χ2n) is 9.13. The Morgan fingerprint density at radius 2 is 0.947 bits per heavy atom. The second-order valence-corrected chi connectivity index (χ2v) is 9.13. The maximum Gasteiger partial charge on any atom is 2.00 e. The van der Waals surface area contributed by atoms with Gasteiger partial charge in [-0.05, 0) is 0 Å². The van der Waals surface area contributed by atoms with E-state index < -0.39 is 0 Å². The van der Waals surface area contributed by atoms with Crippen molar-refractivity contribution in [3.63, 3.8) is 0 Å². The first-order valence-corrected chi connectivity index (χ1v) is 12.3. The van der Waals surface area contributed by atoms with Crippen LogP contribution in [-0.4, -0.2) is 0 Å². The molecule has 0 bridgehead atoms. The minimum Gasteiger partial charge on any atom is -1.00 e.